The van der Waals surface area contributed by atoms with Gasteiger partial charge < -0.3 is 10.6 Å². The minimum absolute atomic E-state index is 0.137. The molecule has 5 rings (SSSR count). The minimum Gasteiger partial charge on any atom is -0.346 e. The Bertz CT molecular complexity index is 1170. The maximum atomic E-state index is 13.3. The Hall–Kier alpha value is -3.00. The first-order valence-electron chi connectivity index (χ1n) is 9.77. The number of halogens is 2. The number of carbonyl (C=O) groups is 2. The molecular weight excluding hydrogens is 409 g/mol. The zero-order valence-electron chi connectivity index (χ0n) is 16.0. The Labute approximate surface area is 176 Å². The first kappa shape index (κ1) is 19.0. The van der Waals surface area contributed by atoms with Gasteiger partial charge in [0.2, 0.25) is 5.91 Å². The summed E-state index contributed by atoms with van der Waals surface area (Å²) in [6.45, 7) is 0. The summed E-state index contributed by atoms with van der Waals surface area (Å²) in [5.41, 5.74) is 0.312. The molecule has 7 nitrogen and oxygen atoms in total. The van der Waals surface area contributed by atoms with Gasteiger partial charge in [0.15, 0.2) is 5.65 Å². The summed E-state index contributed by atoms with van der Waals surface area (Å²) in [6.07, 6.45) is 8.20. The molecule has 2 amide bonds. The van der Waals surface area contributed by atoms with E-state index in [9.17, 15) is 14.0 Å². The number of aromatic nitrogens is 3. The van der Waals surface area contributed by atoms with Crippen molar-refractivity contribution in [2.45, 2.75) is 37.6 Å². The van der Waals surface area contributed by atoms with Gasteiger partial charge in [-0.15, -0.1) is 0 Å². The molecule has 2 saturated carbocycles. The van der Waals surface area contributed by atoms with Gasteiger partial charge in [-0.2, -0.15) is 5.10 Å². The molecule has 0 radical (unpaired) electrons. The summed E-state index contributed by atoms with van der Waals surface area (Å²) in [5.74, 6) is -0.826. The number of carbonyl (C=O) groups excluding carboxylic acids is 2. The van der Waals surface area contributed by atoms with Crippen molar-refractivity contribution in [1.29, 1.82) is 0 Å². The number of nitrogens with zero attached hydrogens (tertiary/aromatic N) is 3. The average molecular weight is 428 g/mol. The van der Waals surface area contributed by atoms with Crippen LogP contribution in [0, 0.1) is 11.2 Å². The van der Waals surface area contributed by atoms with Crippen LogP contribution in [0.25, 0.3) is 5.65 Å². The van der Waals surface area contributed by atoms with Crippen LogP contribution in [0.3, 0.4) is 0 Å². The second-order valence-electron chi connectivity index (χ2n) is 8.22. The highest BCUT2D eigenvalue weighted by Crippen LogP contribution is 2.57. The number of nitrogens with one attached hydrogen (secondary N) is 2. The molecule has 2 aliphatic carbocycles. The summed E-state index contributed by atoms with van der Waals surface area (Å²) < 4.78 is 14.8. The third kappa shape index (κ3) is 3.02. The molecule has 2 bridgehead atoms. The average Bonchev–Trinajstić information content (AvgIpc) is 3.42. The highest BCUT2D eigenvalue weighted by molar-refractivity contribution is 6.33. The summed E-state index contributed by atoms with van der Waals surface area (Å²) in [4.78, 5) is 30.2. The van der Waals surface area contributed by atoms with Crippen molar-refractivity contribution in [2.24, 2.45) is 5.41 Å². The van der Waals surface area contributed by atoms with Crippen LogP contribution < -0.4 is 10.6 Å². The van der Waals surface area contributed by atoms with Crippen LogP contribution in [0.15, 0.2) is 42.9 Å². The van der Waals surface area contributed by atoms with Crippen LogP contribution in [-0.4, -0.2) is 32.0 Å². The third-order valence-electron chi connectivity index (χ3n) is 6.40. The summed E-state index contributed by atoms with van der Waals surface area (Å²) in [5, 5.41) is 10.3. The molecule has 154 valence electrons. The Balaban J connectivity index is 1.32. The van der Waals surface area contributed by atoms with Crippen molar-refractivity contribution in [2.75, 3.05) is 5.32 Å². The molecule has 30 heavy (non-hydrogen) atoms. The predicted octanol–water partition coefficient (Wildman–Crippen LogP) is 3.59. The van der Waals surface area contributed by atoms with Crippen molar-refractivity contribution in [3.63, 3.8) is 0 Å². The second kappa shape index (κ2) is 6.77. The van der Waals surface area contributed by atoms with E-state index in [-0.39, 0.29) is 16.8 Å². The van der Waals surface area contributed by atoms with Gasteiger partial charge in [-0.1, -0.05) is 11.6 Å². The SMILES string of the molecule is O=C(NC12CCC(C(=O)Nc3ccc(F)cc3Cl)(CC1)C2)c1cnn2cccnc12. The van der Waals surface area contributed by atoms with Gasteiger partial charge in [0.1, 0.15) is 11.4 Å². The van der Waals surface area contributed by atoms with E-state index in [1.165, 1.54) is 24.4 Å². The van der Waals surface area contributed by atoms with Crippen LogP contribution in [-0.2, 0) is 4.79 Å². The fourth-order valence-corrected chi connectivity index (χ4v) is 5.04. The zero-order valence-corrected chi connectivity index (χ0v) is 16.7. The van der Waals surface area contributed by atoms with E-state index >= 15 is 0 Å². The van der Waals surface area contributed by atoms with Gasteiger partial charge in [-0.3, -0.25) is 9.59 Å². The quantitative estimate of drug-likeness (QED) is 0.666. The van der Waals surface area contributed by atoms with Crippen LogP contribution in [0.1, 0.15) is 42.5 Å². The molecule has 2 N–H and O–H groups in total. The second-order valence-corrected chi connectivity index (χ2v) is 8.62. The van der Waals surface area contributed by atoms with Crippen LogP contribution >= 0.6 is 11.6 Å². The van der Waals surface area contributed by atoms with Crippen molar-refractivity contribution >= 4 is 34.7 Å². The van der Waals surface area contributed by atoms with Crippen LogP contribution in [0.5, 0.6) is 0 Å². The number of fused-ring (bicyclic) bond motifs is 3. The smallest absolute Gasteiger partial charge is 0.257 e. The Kier molecular flexibility index (Phi) is 4.28. The van der Waals surface area contributed by atoms with Crippen molar-refractivity contribution < 1.29 is 14.0 Å². The Morgan fingerprint density at radius 1 is 1.20 bits per heavy atom. The van der Waals surface area contributed by atoms with Gasteiger partial charge in [0.25, 0.3) is 5.91 Å². The molecule has 2 heterocycles. The highest BCUT2D eigenvalue weighted by atomic mass is 35.5. The maximum absolute atomic E-state index is 13.3. The number of hydrogen-bond acceptors (Lipinski definition) is 4. The van der Waals surface area contributed by atoms with E-state index < -0.39 is 16.8 Å². The number of hydrogen-bond donors (Lipinski definition) is 2. The summed E-state index contributed by atoms with van der Waals surface area (Å²) in [6, 6.07) is 5.64. The number of amides is 2. The van der Waals surface area contributed by atoms with E-state index in [0.717, 1.165) is 12.8 Å². The van der Waals surface area contributed by atoms with E-state index in [4.69, 9.17) is 11.6 Å². The fourth-order valence-electron chi connectivity index (χ4n) is 4.83. The topological polar surface area (TPSA) is 88.4 Å². The van der Waals surface area contributed by atoms with Gasteiger partial charge >= 0.3 is 0 Å². The molecule has 0 unspecified atom stereocenters. The molecule has 0 spiro atoms. The fraction of sp³-hybridized carbons (Fsp3) is 0.333. The van der Waals surface area contributed by atoms with Crippen molar-refractivity contribution in [3.05, 3.63) is 59.3 Å². The molecule has 0 atom stereocenters. The summed E-state index contributed by atoms with van der Waals surface area (Å²) >= 11 is 6.05. The lowest BCUT2D eigenvalue weighted by molar-refractivity contribution is -0.125. The van der Waals surface area contributed by atoms with E-state index in [1.807, 2.05) is 0 Å². The molecule has 2 aromatic heterocycles. The molecule has 0 aliphatic heterocycles. The lowest BCUT2D eigenvalue weighted by atomic mass is 9.83. The van der Waals surface area contributed by atoms with Gasteiger partial charge in [-0.25, -0.2) is 13.9 Å². The van der Waals surface area contributed by atoms with Gasteiger partial charge in [0, 0.05) is 17.9 Å². The number of benzene rings is 1. The Morgan fingerprint density at radius 3 is 2.77 bits per heavy atom. The first-order chi connectivity index (χ1) is 14.4. The molecule has 2 aliphatic rings. The largest absolute Gasteiger partial charge is 0.346 e. The van der Waals surface area contributed by atoms with Crippen LogP contribution in [0.4, 0.5) is 10.1 Å². The molecule has 2 fully saturated rings. The summed E-state index contributed by atoms with van der Waals surface area (Å²) in [7, 11) is 0. The number of rotatable bonds is 4. The van der Waals surface area contributed by atoms with E-state index in [2.05, 4.69) is 20.7 Å². The van der Waals surface area contributed by atoms with E-state index in [0.29, 0.717) is 36.2 Å². The Morgan fingerprint density at radius 2 is 2.00 bits per heavy atom. The maximum Gasteiger partial charge on any atom is 0.257 e. The van der Waals surface area contributed by atoms with E-state index in [1.54, 1.807) is 23.0 Å². The zero-order chi connectivity index (χ0) is 20.9. The van der Waals surface area contributed by atoms with Crippen molar-refractivity contribution in [3.8, 4) is 0 Å². The normalized spacial score (nSPS) is 24.9. The van der Waals surface area contributed by atoms with Gasteiger partial charge in [0.05, 0.1) is 22.3 Å². The molecule has 3 aromatic rings. The predicted molar refractivity (Wildman–Crippen MR) is 109 cm³/mol. The molecule has 0 saturated heterocycles. The lowest BCUT2D eigenvalue weighted by Crippen LogP contribution is -2.45. The van der Waals surface area contributed by atoms with Gasteiger partial charge in [-0.05, 0) is 56.4 Å². The highest BCUT2D eigenvalue weighted by Gasteiger charge is 2.58. The minimum atomic E-state index is -0.565. The van der Waals surface area contributed by atoms with Crippen LogP contribution in [0.2, 0.25) is 5.02 Å². The molecule has 1 aromatic carbocycles. The number of anilines is 1. The standard InChI is InChI=1S/C21H19ClFN5O2/c22-15-10-13(23)2-3-16(15)26-19(30)20-4-6-21(12-20,7-5-20)27-18(29)14-11-25-28-9-1-8-24-17(14)28/h1-3,8-11H,4-7,12H2,(H,26,30)(H,27,29). The third-order valence-corrected chi connectivity index (χ3v) is 6.72. The first-order valence-corrected chi connectivity index (χ1v) is 10.2. The lowest BCUT2D eigenvalue weighted by Gasteiger charge is -2.28. The monoisotopic (exact) mass is 427 g/mol. The molecular formula is C21H19ClFN5O2. The van der Waals surface area contributed by atoms with Crippen molar-refractivity contribution in [1.82, 2.24) is 19.9 Å². The molecule has 9 heteroatoms.